The van der Waals surface area contributed by atoms with Crippen LogP contribution in [0.4, 0.5) is 5.69 Å². The molecule has 0 radical (unpaired) electrons. The molecule has 2 aromatic heterocycles. The van der Waals surface area contributed by atoms with Gasteiger partial charge in [0.05, 0.1) is 16.9 Å². The van der Waals surface area contributed by atoms with Gasteiger partial charge in [-0.25, -0.2) is 9.78 Å². The van der Waals surface area contributed by atoms with Crippen molar-refractivity contribution < 1.29 is 14.3 Å². The van der Waals surface area contributed by atoms with E-state index >= 15 is 0 Å². The van der Waals surface area contributed by atoms with Crippen molar-refractivity contribution in [2.45, 2.75) is 26.9 Å². The predicted molar refractivity (Wildman–Crippen MR) is 103 cm³/mol. The molecule has 1 amide bonds. The van der Waals surface area contributed by atoms with E-state index in [1.807, 2.05) is 13.8 Å². The van der Waals surface area contributed by atoms with Gasteiger partial charge in [0.2, 0.25) is 5.91 Å². The van der Waals surface area contributed by atoms with E-state index in [1.54, 1.807) is 35.8 Å². The van der Waals surface area contributed by atoms with Gasteiger partial charge in [0, 0.05) is 24.1 Å². The number of fused-ring (bicyclic) bond motifs is 1. The molecule has 0 unspecified atom stereocenters. The largest absolute Gasteiger partial charge is 0.456 e. The molecule has 0 atom stereocenters. The lowest BCUT2D eigenvalue weighted by molar-refractivity contribution is -0.116. The number of ether oxygens (including phenoxy) is 1. The molecule has 0 aliphatic rings. The van der Waals surface area contributed by atoms with E-state index in [-0.39, 0.29) is 29.6 Å². The maximum Gasteiger partial charge on any atom is 0.340 e. The second kappa shape index (κ2) is 8.13. The van der Waals surface area contributed by atoms with E-state index < -0.39 is 5.97 Å². The van der Waals surface area contributed by atoms with Gasteiger partial charge >= 0.3 is 5.97 Å². The second-order valence-electron chi connectivity index (χ2n) is 6.41. The molecule has 8 heteroatoms. The molecule has 0 saturated heterocycles. The molecule has 0 aliphatic heterocycles. The second-order valence-corrected chi connectivity index (χ2v) is 7.28. The number of aromatic nitrogens is 2. The van der Waals surface area contributed by atoms with Crippen LogP contribution >= 0.6 is 11.3 Å². The summed E-state index contributed by atoms with van der Waals surface area (Å²) < 4.78 is 6.73. The van der Waals surface area contributed by atoms with Crippen LogP contribution in [-0.2, 0) is 16.1 Å². The molecular weight excluding hydrogens is 366 g/mol. The molecule has 7 nitrogen and oxygen atoms in total. The molecule has 0 fully saturated rings. The highest BCUT2D eigenvalue weighted by molar-refractivity contribution is 7.15. The molecule has 0 aliphatic carbocycles. The Bertz CT molecular complexity index is 1040. The van der Waals surface area contributed by atoms with Crippen LogP contribution in [0.25, 0.3) is 4.96 Å². The van der Waals surface area contributed by atoms with E-state index in [0.717, 1.165) is 0 Å². The van der Waals surface area contributed by atoms with E-state index in [2.05, 4.69) is 10.3 Å². The minimum absolute atomic E-state index is 0.128. The zero-order valence-electron chi connectivity index (χ0n) is 15.0. The first-order valence-electron chi connectivity index (χ1n) is 8.46. The molecule has 27 heavy (non-hydrogen) atoms. The van der Waals surface area contributed by atoms with E-state index in [4.69, 9.17) is 4.74 Å². The molecule has 0 saturated carbocycles. The average Bonchev–Trinajstić information content (AvgIpc) is 3.08. The molecular formula is C19H19N3O4S. The number of carbonyl (C=O) groups is 2. The lowest BCUT2D eigenvalue weighted by Gasteiger charge is -2.11. The Morgan fingerprint density at radius 3 is 2.85 bits per heavy atom. The number of benzene rings is 1. The van der Waals surface area contributed by atoms with Crippen LogP contribution in [0.1, 0.15) is 36.3 Å². The number of nitrogens with one attached hydrogen (secondary N) is 1. The predicted octanol–water partition coefficient (Wildman–Crippen LogP) is 3.10. The topological polar surface area (TPSA) is 89.8 Å². The van der Waals surface area contributed by atoms with Gasteiger partial charge in [-0.05, 0) is 18.1 Å². The van der Waals surface area contributed by atoms with Gasteiger partial charge < -0.3 is 10.1 Å². The number of anilines is 1. The number of nitrogens with zero attached hydrogens (tertiary/aromatic N) is 2. The van der Waals surface area contributed by atoms with Gasteiger partial charge in [-0.1, -0.05) is 26.0 Å². The normalized spacial score (nSPS) is 10.9. The monoisotopic (exact) mass is 385 g/mol. The molecule has 2 heterocycles. The smallest absolute Gasteiger partial charge is 0.340 e. The summed E-state index contributed by atoms with van der Waals surface area (Å²) in [5, 5.41) is 4.50. The maximum atomic E-state index is 12.5. The van der Waals surface area contributed by atoms with Crippen molar-refractivity contribution in [3.63, 3.8) is 0 Å². The summed E-state index contributed by atoms with van der Waals surface area (Å²) in [6, 6.07) is 7.99. The highest BCUT2D eigenvalue weighted by Crippen LogP contribution is 2.18. The quantitative estimate of drug-likeness (QED) is 0.659. The van der Waals surface area contributed by atoms with Gasteiger partial charge in [0.25, 0.3) is 5.56 Å². The van der Waals surface area contributed by atoms with Crippen LogP contribution in [0.3, 0.4) is 0 Å². The fourth-order valence-corrected chi connectivity index (χ4v) is 3.26. The number of carbonyl (C=O) groups excluding carboxylic acids is 2. The summed E-state index contributed by atoms with van der Waals surface area (Å²) in [7, 11) is 0. The first kappa shape index (κ1) is 18.8. The van der Waals surface area contributed by atoms with E-state index in [0.29, 0.717) is 22.8 Å². The third-order valence-corrected chi connectivity index (χ3v) is 4.48. The average molecular weight is 385 g/mol. The van der Waals surface area contributed by atoms with Gasteiger partial charge in [-0.2, -0.15) is 0 Å². The summed E-state index contributed by atoms with van der Waals surface area (Å²) in [6.45, 7) is 3.76. The van der Waals surface area contributed by atoms with Gasteiger partial charge in [-0.15, -0.1) is 11.3 Å². The first-order valence-corrected chi connectivity index (χ1v) is 9.34. The van der Waals surface area contributed by atoms with Gasteiger partial charge in [0.15, 0.2) is 4.96 Å². The van der Waals surface area contributed by atoms with Crippen molar-refractivity contribution in [2.75, 3.05) is 5.32 Å². The third-order valence-electron chi connectivity index (χ3n) is 3.72. The molecule has 1 aromatic carbocycles. The summed E-state index contributed by atoms with van der Waals surface area (Å²) in [5.74, 6) is -0.548. The van der Waals surface area contributed by atoms with Crippen molar-refractivity contribution in [1.29, 1.82) is 0 Å². The minimum Gasteiger partial charge on any atom is -0.456 e. The van der Waals surface area contributed by atoms with E-state index in [1.165, 1.54) is 21.8 Å². The van der Waals surface area contributed by atoms with Crippen molar-refractivity contribution in [2.24, 2.45) is 5.92 Å². The summed E-state index contributed by atoms with van der Waals surface area (Å²) in [5.41, 5.74) is 0.796. The van der Waals surface area contributed by atoms with Crippen molar-refractivity contribution >= 4 is 33.9 Å². The molecule has 3 aromatic rings. The zero-order chi connectivity index (χ0) is 19.4. The number of esters is 1. The maximum absolute atomic E-state index is 12.5. The molecule has 1 N–H and O–H groups in total. The van der Waals surface area contributed by atoms with Crippen molar-refractivity contribution in [1.82, 2.24) is 9.38 Å². The van der Waals surface area contributed by atoms with Gasteiger partial charge in [-0.3, -0.25) is 14.0 Å². The van der Waals surface area contributed by atoms with E-state index in [9.17, 15) is 14.4 Å². The number of amides is 1. The highest BCUT2D eigenvalue weighted by atomic mass is 32.1. The fourth-order valence-electron chi connectivity index (χ4n) is 2.52. The van der Waals surface area contributed by atoms with Crippen LogP contribution < -0.4 is 10.9 Å². The van der Waals surface area contributed by atoms with Crippen LogP contribution in [0.5, 0.6) is 0 Å². The number of hydrogen-bond donors (Lipinski definition) is 1. The third kappa shape index (κ3) is 4.59. The number of thiazole rings is 1. The van der Waals surface area contributed by atoms with Crippen LogP contribution in [-0.4, -0.2) is 21.3 Å². The Balaban J connectivity index is 1.72. The molecule has 140 valence electrons. The lowest BCUT2D eigenvalue weighted by Crippen LogP contribution is -2.18. The Morgan fingerprint density at radius 2 is 2.07 bits per heavy atom. The number of hydrogen-bond acceptors (Lipinski definition) is 6. The van der Waals surface area contributed by atoms with Crippen LogP contribution in [0.2, 0.25) is 0 Å². The summed E-state index contributed by atoms with van der Waals surface area (Å²) in [6.07, 6.45) is 2.00. The zero-order valence-corrected chi connectivity index (χ0v) is 15.8. The SMILES string of the molecule is CC(C)CC(=O)Nc1ccccc1C(=O)OCc1cc(=O)n2ccsc2n1. The Morgan fingerprint density at radius 1 is 1.30 bits per heavy atom. The lowest BCUT2D eigenvalue weighted by atomic mass is 10.1. The number of rotatable bonds is 6. The van der Waals surface area contributed by atoms with Crippen molar-refractivity contribution in [3.05, 3.63) is 63.5 Å². The van der Waals surface area contributed by atoms with Crippen LogP contribution in [0, 0.1) is 5.92 Å². The highest BCUT2D eigenvalue weighted by Gasteiger charge is 2.16. The minimum atomic E-state index is -0.594. The summed E-state index contributed by atoms with van der Waals surface area (Å²) >= 11 is 1.32. The molecule has 0 spiro atoms. The Kier molecular flexibility index (Phi) is 5.66. The van der Waals surface area contributed by atoms with Gasteiger partial charge in [0.1, 0.15) is 6.61 Å². The first-order chi connectivity index (χ1) is 12.9. The Hall–Kier alpha value is -3.00. The van der Waals surface area contributed by atoms with Crippen LogP contribution in [0.15, 0.2) is 46.7 Å². The fraction of sp³-hybridized carbons (Fsp3) is 0.263. The standard InChI is InChI=1S/C19H19N3O4S/c1-12(2)9-16(23)21-15-6-4-3-5-14(15)18(25)26-11-13-10-17(24)22-7-8-27-19(22)20-13/h3-8,10,12H,9,11H2,1-2H3,(H,21,23). The molecule has 3 rings (SSSR count). The van der Waals surface area contributed by atoms with Crippen molar-refractivity contribution in [3.8, 4) is 0 Å². The number of para-hydroxylation sites is 1. The summed E-state index contributed by atoms with van der Waals surface area (Å²) in [4.78, 5) is 41.3. The Labute approximate surface area is 159 Å². The molecule has 0 bridgehead atoms.